The van der Waals surface area contributed by atoms with Gasteiger partial charge in [-0.05, 0) is 5.56 Å². The van der Waals surface area contributed by atoms with E-state index in [4.69, 9.17) is 1.37 Å². The number of amides is 1. The van der Waals surface area contributed by atoms with Crippen LogP contribution in [0, 0.1) is 0 Å². The third-order valence-electron chi connectivity index (χ3n) is 2.16. The molecule has 0 aliphatic rings. The van der Waals surface area contributed by atoms with Gasteiger partial charge in [0, 0.05) is 25.6 Å². The number of hydrogen-bond acceptors (Lipinski definition) is 4. The number of carbonyl (C=O) groups is 2. The zero-order valence-corrected chi connectivity index (χ0v) is 11.0. The first-order valence-corrected chi connectivity index (χ1v) is 6.58. The van der Waals surface area contributed by atoms with Crippen LogP contribution in [0.2, 0.25) is 0 Å². The molecule has 0 saturated carbocycles. The number of benzene rings is 1. The lowest BCUT2D eigenvalue weighted by Gasteiger charge is -2.09. The molecule has 0 radical (unpaired) electrons. The number of rotatable bonds is 6. The average Bonchev–Trinajstić information content (AvgIpc) is 2.35. The number of nitrogens with one attached hydrogen (secondary N) is 1. The van der Waals surface area contributed by atoms with Gasteiger partial charge in [0.1, 0.15) is 0 Å². The van der Waals surface area contributed by atoms with Crippen molar-refractivity contribution in [3.8, 4) is 0 Å². The molecular weight excluding hydrogens is 250 g/mol. The van der Waals surface area contributed by atoms with E-state index >= 15 is 0 Å². The van der Waals surface area contributed by atoms with Crippen LogP contribution < -0.4 is 5.32 Å². The van der Waals surface area contributed by atoms with Crippen molar-refractivity contribution in [2.75, 3.05) is 12.3 Å². The van der Waals surface area contributed by atoms with Crippen LogP contribution in [-0.2, 0) is 9.59 Å². The summed E-state index contributed by atoms with van der Waals surface area (Å²) < 4.78 is 7.80. The summed E-state index contributed by atoms with van der Waals surface area (Å²) in [6.07, 6.45) is -2.18. The number of thioether (sulfide) groups is 1. The van der Waals surface area contributed by atoms with E-state index < -0.39 is 6.08 Å². The quantitative estimate of drug-likeness (QED) is 0.767. The maximum atomic E-state index is 11.6. The fourth-order valence-electron chi connectivity index (χ4n) is 1.31. The van der Waals surface area contributed by atoms with Crippen molar-refractivity contribution >= 4 is 22.8 Å². The molecule has 0 aliphatic heterocycles. The second-order valence-corrected chi connectivity index (χ2v) is 4.85. The Balaban J connectivity index is 2.41. The lowest BCUT2D eigenvalue weighted by molar-refractivity contribution is -0.119. The predicted molar refractivity (Wildman–Crippen MR) is 72.2 cm³/mol. The minimum atomic E-state index is -1.90. The second-order valence-electron chi connectivity index (χ2n) is 3.69. The van der Waals surface area contributed by atoms with Gasteiger partial charge in [-0.2, -0.15) is 0 Å². The lowest BCUT2D eigenvalue weighted by Crippen LogP contribution is -2.22. The standard InChI is InChI=1S/C13H17NO3S/c1-10(15)14-7-8-18-13(17)9-12(16)11-5-3-2-4-6-11/h2-6,12,16H,7-9H2,1H3,(H,14,15)/t12-/m1/s1/i12D. The highest BCUT2D eigenvalue weighted by Gasteiger charge is 2.12. The van der Waals surface area contributed by atoms with Crippen molar-refractivity contribution in [2.45, 2.75) is 19.4 Å². The van der Waals surface area contributed by atoms with Crippen LogP contribution in [0.15, 0.2) is 30.3 Å². The Morgan fingerprint density at radius 3 is 2.72 bits per heavy atom. The van der Waals surface area contributed by atoms with Crippen LogP contribution >= 0.6 is 11.8 Å². The van der Waals surface area contributed by atoms with Crippen molar-refractivity contribution in [2.24, 2.45) is 0 Å². The summed E-state index contributed by atoms with van der Waals surface area (Å²) in [6.45, 7) is 1.80. The van der Waals surface area contributed by atoms with Gasteiger partial charge in [-0.15, -0.1) is 0 Å². The van der Waals surface area contributed by atoms with Crippen molar-refractivity contribution in [3.63, 3.8) is 0 Å². The van der Waals surface area contributed by atoms with Gasteiger partial charge in [0.2, 0.25) is 5.91 Å². The molecule has 0 aliphatic carbocycles. The Kier molecular flexibility index (Phi) is 5.75. The Hall–Kier alpha value is -1.33. The van der Waals surface area contributed by atoms with E-state index in [-0.39, 0.29) is 17.4 Å². The highest BCUT2D eigenvalue weighted by atomic mass is 32.2. The number of carbonyl (C=O) groups excluding carboxylic acids is 2. The fourth-order valence-corrected chi connectivity index (χ4v) is 1.98. The zero-order valence-electron chi connectivity index (χ0n) is 11.2. The first kappa shape index (κ1) is 13.1. The van der Waals surface area contributed by atoms with E-state index in [9.17, 15) is 14.7 Å². The van der Waals surface area contributed by atoms with Gasteiger partial charge in [0.15, 0.2) is 5.12 Å². The molecule has 0 fully saturated rings. The lowest BCUT2D eigenvalue weighted by atomic mass is 10.1. The van der Waals surface area contributed by atoms with Gasteiger partial charge in [0.25, 0.3) is 0 Å². The Bertz CT molecular complexity index is 437. The molecule has 18 heavy (non-hydrogen) atoms. The van der Waals surface area contributed by atoms with Gasteiger partial charge >= 0.3 is 0 Å². The molecule has 1 atom stereocenters. The normalized spacial score (nSPS) is 14.4. The van der Waals surface area contributed by atoms with Crippen molar-refractivity contribution in [3.05, 3.63) is 35.9 Å². The molecule has 4 nitrogen and oxygen atoms in total. The smallest absolute Gasteiger partial charge is 0.216 e. The molecule has 0 heterocycles. The van der Waals surface area contributed by atoms with Crippen LogP contribution in [0.5, 0.6) is 0 Å². The monoisotopic (exact) mass is 268 g/mol. The molecule has 0 saturated heterocycles. The summed E-state index contributed by atoms with van der Waals surface area (Å²) in [5, 5.41) is 12.3. The summed E-state index contributed by atoms with van der Waals surface area (Å²) in [5.41, 5.74) is 0.394. The SMILES string of the molecule is [2H][C@@](O)(CC(=O)SCCNC(C)=O)c1ccccc1. The Morgan fingerprint density at radius 1 is 1.44 bits per heavy atom. The van der Waals surface area contributed by atoms with Gasteiger partial charge in [-0.1, -0.05) is 42.1 Å². The maximum absolute atomic E-state index is 11.6. The summed E-state index contributed by atoms with van der Waals surface area (Å²) >= 11 is 1.01. The Morgan fingerprint density at radius 2 is 2.11 bits per heavy atom. The van der Waals surface area contributed by atoms with E-state index in [1.807, 2.05) is 0 Å². The number of hydrogen-bond donors (Lipinski definition) is 2. The average molecular weight is 268 g/mol. The largest absolute Gasteiger partial charge is 0.388 e. The third kappa shape index (κ3) is 5.84. The minimum absolute atomic E-state index is 0.144. The Labute approximate surface area is 112 Å². The molecule has 1 aromatic rings. The molecular formula is C13H17NO3S. The maximum Gasteiger partial charge on any atom is 0.216 e. The molecule has 1 rings (SSSR count). The summed E-state index contributed by atoms with van der Waals surface area (Å²) in [7, 11) is 0. The van der Waals surface area contributed by atoms with E-state index in [1.165, 1.54) is 6.92 Å². The second kappa shape index (κ2) is 7.89. The predicted octanol–water partition coefficient (Wildman–Crippen LogP) is 1.51. The molecule has 1 amide bonds. The minimum Gasteiger partial charge on any atom is -0.388 e. The molecule has 0 spiro atoms. The van der Waals surface area contributed by atoms with Crippen LogP contribution in [0.25, 0.3) is 0 Å². The van der Waals surface area contributed by atoms with Crippen molar-refractivity contribution in [1.82, 2.24) is 5.32 Å². The summed E-state index contributed by atoms with van der Waals surface area (Å²) in [4.78, 5) is 22.3. The van der Waals surface area contributed by atoms with E-state index in [0.29, 0.717) is 17.9 Å². The molecule has 1 aromatic carbocycles. The highest BCUT2D eigenvalue weighted by Crippen LogP contribution is 2.19. The van der Waals surface area contributed by atoms with Gasteiger partial charge in [-0.3, -0.25) is 9.59 Å². The van der Waals surface area contributed by atoms with Gasteiger partial charge in [-0.25, -0.2) is 0 Å². The van der Waals surface area contributed by atoms with E-state index in [0.717, 1.165) is 11.8 Å². The molecule has 2 N–H and O–H groups in total. The first-order valence-electron chi connectivity index (χ1n) is 6.10. The molecule has 0 bridgehead atoms. The van der Waals surface area contributed by atoms with Crippen LogP contribution in [0.4, 0.5) is 0 Å². The fraction of sp³-hybridized carbons (Fsp3) is 0.385. The van der Waals surface area contributed by atoms with Crippen LogP contribution in [0.3, 0.4) is 0 Å². The van der Waals surface area contributed by atoms with Crippen LogP contribution in [-0.4, -0.2) is 28.4 Å². The first-order chi connectivity index (χ1) is 8.92. The van der Waals surface area contributed by atoms with Crippen molar-refractivity contribution < 1.29 is 16.1 Å². The number of aliphatic hydroxyl groups is 1. The molecule has 5 heteroatoms. The molecule has 0 unspecified atom stereocenters. The highest BCUT2D eigenvalue weighted by molar-refractivity contribution is 8.13. The van der Waals surface area contributed by atoms with Crippen LogP contribution in [0.1, 0.15) is 26.4 Å². The third-order valence-corrected chi connectivity index (χ3v) is 3.03. The van der Waals surface area contributed by atoms with Gasteiger partial charge in [0.05, 0.1) is 7.45 Å². The summed E-state index contributed by atoms with van der Waals surface area (Å²) in [5.74, 6) is 0.290. The van der Waals surface area contributed by atoms with Crippen molar-refractivity contribution in [1.29, 1.82) is 0 Å². The van der Waals surface area contributed by atoms with Gasteiger partial charge < -0.3 is 10.4 Å². The topological polar surface area (TPSA) is 66.4 Å². The molecule has 98 valence electrons. The zero-order chi connectivity index (χ0) is 14.3. The van der Waals surface area contributed by atoms with E-state index in [1.54, 1.807) is 30.3 Å². The summed E-state index contributed by atoms with van der Waals surface area (Å²) in [6, 6.07) is 8.43. The molecule has 0 aromatic heterocycles. The van der Waals surface area contributed by atoms with E-state index in [2.05, 4.69) is 5.32 Å².